The fourth-order valence-corrected chi connectivity index (χ4v) is 3.32. The van der Waals surface area contributed by atoms with E-state index in [-0.39, 0.29) is 5.82 Å². The minimum absolute atomic E-state index is 0.189. The summed E-state index contributed by atoms with van der Waals surface area (Å²) in [6.45, 7) is 2.06. The second-order valence-corrected chi connectivity index (χ2v) is 5.95. The zero-order chi connectivity index (χ0) is 15.0. The first kappa shape index (κ1) is 14.1. The van der Waals surface area contributed by atoms with E-state index in [9.17, 15) is 4.39 Å². The van der Waals surface area contributed by atoms with Crippen molar-refractivity contribution in [3.05, 3.63) is 64.5 Å². The number of benzene rings is 2. The van der Waals surface area contributed by atoms with Gasteiger partial charge in [0.05, 0.1) is 7.11 Å². The number of aryl methyl sites for hydroxylation is 2. The summed E-state index contributed by atoms with van der Waals surface area (Å²) in [6.07, 6.45) is 2.37. The number of rotatable bonds is 3. The van der Waals surface area contributed by atoms with Crippen molar-refractivity contribution in [1.82, 2.24) is 0 Å². The molecule has 2 aromatic carbocycles. The molecular weight excluding hydrogens is 265 g/mol. The van der Waals surface area contributed by atoms with Gasteiger partial charge in [0.25, 0.3) is 0 Å². The van der Waals surface area contributed by atoms with Crippen LogP contribution in [0.5, 0.6) is 5.75 Å². The number of nitrogens with two attached hydrogens (primary N) is 1. The number of fused-ring (bicyclic) bond motifs is 1. The molecule has 0 amide bonds. The molecular formula is C18H20FNO. The molecule has 0 fully saturated rings. The Bertz CT molecular complexity index is 683. The maximum Gasteiger partial charge on any atom is 0.123 e. The number of methoxy groups -OCH3 is 1. The molecule has 0 saturated carbocycles. The van der Waals surface area contributed by atoms with Gasteiger partial charge in [-0.25, -0.2) is 4.39 Å². The third-order valence-corrected chi connectivity index (χ3v) is 4.39. The highest BCUT2D eigenvalue weighted by atomic mass is 19.1. The van der Waals surface area contributed by atoms with Crippen LogP contribution in [0.15, 0.2) is 36.4 Å². The smallest absolute Gasteiger partial charge is 0.123 e. The molecule has 1 atom stereocenters. The average Bonchev–Trinajstić information content (AvgIpc) is 2.76. The van der Waals surface area contributed by atoms with Crippen LogP contribution in [0.2, 0.25) is 0 Å². The van der Waals surface area contributed by atoms with Gasteiger partial charge in [0.2, 0.25) is 0 Å². The minimum Gasteiger partial charge on any atom is -0.496 e. The van der Waals surface area contributed by atoms with Gasteiger partial charge in [-0.3, -0.25) is 0 Å². The van der Waals surface area contributed by atoms with Gasteiger partial charge in [0.1, 0.15) is 11.6 Å². The summed E-state index contributed by atoms with van der Waals surface area (Å²) in [5.41, 5.74) is 10.6. The van der Waals surface area contributed by atoms with E-state index in [0.29, 0.717) is 6.42 Å². The Balaban J connectivity index is 1.98. The average molecular weight is 285 g/mol. The van der Waals surface area contributed by atoms with E-state index in [1.165, 1.54) is 11.6 Å². The fourth-order valence-electron chi connectivity index (χ4n) is 3.32. The highest BCUT2D eigenvalue weighted by Crippen LogP contribution is 2.39. The van der Waals surface area contributed by atoms with E-state index in [1.54, 1.807) is 13.2 Å². The van der Waals surface area contributed by atoms with Crippen LogP contribution in [-0.2, 0) is 18.4 Å². The number of halogens is 1. The van der Waals surface area contributed by atoms with Crippen molar-refractivity contribution in [3.63, 3.8) is 0 Å². The van der Waals surface area contributed by atoms with Crippen LogP contribution < -0.4 is 10.5 Å². The maximum atomic E-state index is 13.4. The summed E-state index contributed by atoms with van der Waals surface area (Å²) >= 11 is 0. The lowest BCUT2D eigenvalue weighted by Crippen LogP contribution is -2.36. The van der Waals surface area contributed by atoms with Crippen molar-refractivity contribution in [2.24, 2.45) is 5.73 Å². The molecule has 0 aromatic heterocycles. The van der Waals surface area contributed by atoms with Gasteiger partial charge in [-0.1, -0.05) is 23.8 Å². The van der Waals surface area contributed by atoms with Crippen molar-refractivity contribution < 1.29 is 9.13 Å². The molecule has 2 aromatic rings. The number of hydrogen-bond donors (Lipinski definition) is 1. The van der Waals surface area contributed by atoms with Gasteiger partial charge in [-0.05, 0) is 61.1 Å². The molecule has 2 nitrogen and oxygen atoms in total. The van der Waals surface area contributed by atoms with E-state index in [0.717, 1.165) is 35.3 Å². The van der Waals surface area contributed by atoms with Gasteiger partial charge in [0, 0.05) is 5.54 Å². The van der Waals surface area contributed by atoms with Crippen molar-refractivity contribution in [2.45, 2.75) is 31.7 Å². The van der Waals surface area contributed by atoms with E-state index in [2.05, 4.69) is 13.0 Å². The van der Waals surface area contributed by atoms with Crippen LogP contribution in [0.25, 0.3) is 0 Å². The fraction of sp³-hybridized carbons (Fsp3) is 0.333. The summed E-state index contributed by atoms with van der Waals surface area (Å²) in [6, 6.07) is 11.1. The zero-order valence-corrected chi connectivity index (χ0v) is 12.4. The number of hydrogen-bond acceptors (Lipinski definition) is 2. The molecule has 21 heavy (non-hydrogen) atoms. The summed E-state index contributed by atoms with van der Waals surface area (Å²) in [5.74, 6) is 0.673. The summed E-state index contributed by atoms with van der Waals surface area (Å²) in [5, 5.41) is 0. The Morgan fingerprint density at radius 2 is 2.05 bits per heavy atom. The Labute approximate surface area is 124 Å². The molecule has 110 valence electrons. The third-order valence-electron chi connectivity index (χ3n) is 4.39. The lowest BCUT2D eigenvalue weighted by Gasteiger charge is -2.26. The van der Waals surface area contributed by atoms with Gasteiger partial charge in [-0.2, -0.15) is 0 Å². The van der Waals surface area contributed by atoms with E-state index < -0.39 is 5.54 Å². The van der Waals surface area contributed by atoms with Crippen LogP contribution in [0.3, 0.4) is 0 Å². The molecule has 0 bridgehead atoms. The van der Waals surface area contributed by atoms with Crippen molar-refractivity contribution >= 4 is 0 Å². The molecule has 3 rings (SSSR count). The van der Waals surface area contributed by atoms with Crippen LogP contribution in [-0.4, -0.2) is 7.11 Å². The Morgan fingerprint density at radius 3 is 2.81 bits per heavy atom. The third kappa shape index (κ3) is 2.54. The lowest BCUT2D eigenvalue weighted by atomic mass is 9.85. The van der Waals surface area contributed by atoms with Gasteiger partial charge >= 0.3 is 0 Å². The highest BCUT2D eigenvalue weighted by Gasteiger charge is 2.35. The standard InChI is InChI=1S/C18H20FNO/c1-12-3-6-17(21-2)14(9-12)11-18(20)8-7-13-10-15(19)4-5-16(13)18/h3-6,9-10H,7-8,11,20H2,1-2H3. The van der Waals surface area contributed by atoms with Gasteiger partial charge < -0.3 is 10.5 Å². The Kier molecular flexibility index (Phi) is 3.46. The van der Waals surface area contributed by atoms with Crippen molar-refractivity contribution in [1.29, 1.82) is 0 Å². The quantitative estimate of drug-likeness (QED) is 0.937. The first-order valence-electron chi connectivity index (χ1n) is 7.23. The predicted molar refractivity (Wildman–Crippen MR) is 82.0 cm³/mol. The summed E-state index contributed by atoms with van der Waals surface area (Å²) in [7, 11) is 1.68. The molecule has 0 saturated heterocycles. The lowest BCUT2D eigenvalue weighted by molar-refractivity contribution is 0.391. The van der Waals surface area contributed by atoms with Gasteiger partial charge in [0.15, 0.2) is 0 Å². The SMILES string of the molecule is COc1ccc(C)cc1CC1(N)CCc2cc(F)ccc21. The zero-order valence-electron chi connectivity index (χ0n) is 12.4. The molecule has 1 unspecified atom stereocenters. The molecule has 1 aliphatic rings. The normalized spacial score (nSPS) is 20.4. The van der Waals surface area contributed by atoms with E-state index in [1.807, 2.05) is 18.2 Å². The second-order valence-electron chi connectivity index (χ2n) is 5.95. The molecule has 0 radical (unpaired) electrons. The summed E-state index contributed by atoms with van der Waals surface area (Å²) < 4.78 is 18.8. The van der Waals surface area contributed by atoms with Gasteiger partial charge in [-0.15, -0.1) is 0 Å². The first-order chi connectivity index (χ1) is 10.0. The van der Waals surface area contributed by atoms with Crippen molar-refractivity contribution in [3.8, 4) is 5.75 Å². The molecule has 2 N–H and O–H groups in total. The largest absolute Gasteiger partial charge is 0.496 e. The Morgan fingerprint density at radius 1 is 1.24 bits per heavy atom. The molecule has 0 aliphatic heterocycles. The second kappa shape index (κ2) is 5.15. The predicted octanol–water partition coefficient (Wildman–Crippen LogP) is 3.49. The summed E-state index contributed by atoms with van der Waals surface area (Å²) in [4.78, 5) is 0. The molecule has 3 heteroatoms. The molecule has 0 heterocycles. The topological polar surface area (TPSA) is 35.2 Å². The van der Waals surface area contributed by atoms with Crippen LogP contribution in [0.4, 0.5) is 4.39 Å². The highest BCUT2D eigenvalue weighted by molar-refractivity contribution is 5.44. The minimum atomic E-state index is -0.440. The monoisotopic (exact) mass is 285 g/mol. The molecule has 0 spiro atoms. The first-order valence-corrected chi connectivity index (χ1v) is 7.23. The van der Waals surface area contributed by atoms with E-state index in [4.69, 9.17) is 10.5 Å². The molecule has 1 aliphatic carbocycles. The maximum absolute atomic E-state index is 13.4. The van der Waals surface area contributed by atoms with E-state index >= 15 is 0 Å². The van der Waals surface area contributed by atoms with Crippen LogP contribution in [0.1, 0.15) is 28.7 Å². The van der Waals surface area contributed by atoms with Crippen molar-refractivity contribution in [2.75, 3.05) is 7.11 Å². The Hall–Kier alpha value is -1.87. The van der Waals surface area contributed by atoms with Crippen LogP contribution >= 0.6 is 0 Å². The number of ether oxygens (including phenoxy) is 1. The van der Waals surface area contributed by atoms with Crippen LogP contribution in [0, 0.1) is 12.7 Å².